The largest absolute Gasteiger partial charge is 0.416 e. The van der Waals surface area contributed by atoms with Crippen molar-refractivity contribution >= 4 is 49.9 Å². The molecule has 0 radical (unpaired) electrons. The Bertz CT molecular complexity index is 1170. The fraction of sp³-hybridized carbons (Fsp3) is 0.333. The van der Waals surface area contributed by atoms with E-state index in [0.29, 0.717) is 28.3 Å². The van der Waals surface area contributed by atoms with E-state index in [0.717, 1.165) is 36.4 Å². The van der Waals surface area contributed by atoms with Gasteiger partial charge in [-0.15, -0.1) is 0 Å². The second kappa shape index (κ2) is 9.65. The molecule has 12 heteroatoms. The van der Waals surface area contributed by atoms with Gasteiger partial charge in [-0.1, -0.05) is 38.9 Å². The Morgan fingerprint density at radius 3 is 2.73 bits per heavy atom. The van der Waals surface area contributed by atoms with E-state index in [-0.39, 0.29) is 16.0 Å². The van der Waals surface area contributed by atoms with Crippen molar-refractivity contribution in [3.05, 3.63) is 56.4 Å². The first-order chi connectivity index (χ1) is 15.6. The predicted octanol–water partition coefficient (Wildman–Crippen LogP) is 6.27. The van der Waals surface area contributed by atoms with Crippen LogP contribution in [0, 0.1) is 0 Å². The number of hydrogen-bond acceptors (Lipinski definition) is 6. The number of halogens is 5. The van der Waals surface area contributed by atoms with Crippen molar-refractivity contribution in [1.29, 1.82) is 0 Å². The van der Waals surface area contributed by atoms with Crippen molar-refractivity contribution in [2.24, 2.45) is 0 Å². The van der Waals surface area contributed by atoms with Gasteiger partial charge in [-0.2, -0.15) is 13.2 Å². The average molecular weight is 561 g/mol. The molecule has 1 N–H and O–H groups in total. The van der Waals surface area contributed by atoms with Crippen molar-refractivity contribution in [2.45, 2.75) is 38.5 Å². The summed E-state index contributed by atoms with van der Waals surface area (Å²) in [7, 11) is 0. The van der Waals surface area contributed by atoms with E-state index in [1.165, 1.54) is 23.7 Å². The van der Waals surface area contributed by atoms with Gasteiger partial charge in [0.1, 0.15) is 10.8 Å². The number of benzene rings is 1. The lowest BCUT2D eigenvalue weighted by Gasteiger charge is -2.20. The van der Waals surface area contributed by atoms with Crippen molar-refractivity contribution in [2.75, 3.05) is 11.9 Å². The Morgan fingerprint density at radius 2 is 2.09 bits per heavy atom. The molecule has 1 aliphatic rings. The van der Waals surface area contributed by atoms with Gasteiger partial charge in [-0.3, -0.25) is 15.0 Å². The molecule has 1 unspecified atom stereocenters. The first-order valence-electron chi connectivity index (χ1n) is 10.0. The van der Waals surface area contributed by atoms with Crippen LogP contribution in [0.25, 0.3) is 11.3 Å². The SMILES string of the molecule is CC1CCCN1Cc1sc(NC(=O)c2cnc(Cl)cn2)nc1-c1cc(Br)cc(C(F)(F)F)c1. The highest BCUT2D eigenvalue weighted by Crippen LogP contribution is 2.38. The minimum absolute atomic E-state index is 0.0488. The van der Waals surface area contributed by atoms with Crippen LogP contribution in [-0.4, -0.2) is 38.3 Å². The van der Waals surface area contributed by atoms with E-state index in [1.807, 2.05) is 0 Å². The van der Waals surface area contributed by atoms with Gasteiger partial charge in [-0.25, -0.2) is 15.0 Å². The third-order valence-corrected chi connectivity index (χ3v) is 6.92. The highest BCUT2D eigenvalue weighted by Gasteiger charge is 2.32. The molecule has 174 valence electrons. The van der Waals surface area contributed by atoms with Gasteiger partial charge >= 0.3 is 6.18 Å². The topological polar surface area (TPSA) is 71.0 Å². The summed E-state index contributed by atoms with van der Waals surface area (Å²) in [6.45, 7) is 3.54. The molecular formula is C21H18BrClF3N5OS. The van der Waals surface area contributed by atoms with Gasteiger partial charge in [0.05, 0.1) is 23.7 Å². The van der Waals surface area contributed by atoms with Crippen LogP contribution in [0.15, 0.2) is 35.1 Å². The number of hydrogen-bond donors (Lipinski definition) is 1. The minimum Gasteiger partial charge on any atom is -0.296 e. The number of nitrogens with zero attached hydrogens (tertiary/aromatic N) is 4. The van der Waals surface area contributed by atoms with Gasteiger partial charge < -0.3 is 0 Å². The Morgan fingerprint density at radius 1 is 1.30 bits per heavy atom. The molecule has 0 bridgehead atoms. The molecule has 3 heterocycles. The van der Waals surface area contributed by atoms with Crippen LogP contribution in [0.3, 0.4) is 0 Å². The van der Waals surface area contributed by atoms with Crippen LogP contribution < -0.4 is 5.32 Å². The molecule has 2 aromatic heterocycles. The highest BCUT2D eigenvalue weighted by atomic mass is 79.9. The van der Waals surface area contributed by atoms with Crippen molar-refractivity contribution < 1.29 is 18.0 Å². The standard InChI is InChI=1S/C21H18BrClF3N5OS/c1-11-3-2-4-31(11)10-16-18(12-5-13(21(24,25)26)7-14(22)6-12)29-20(33-16)30-19(32)15-8-28-17(23)9-27-15/h5-9,11H,2-4,10H2,1H3,(H,29,30,32). The third-order valence-electron chi connectivity index (χ3n) is 5.31. The van der Waals surface area contributed by atoms with Gasteiger partial charge in [0, 0.05) is 27.5 Å². The first-order valence-corrected chi connectivity index (χ1v) is 12.0. The third kappa shape index (κ3) is 5.71. The highest BCUT2D eigenvalue weighted by molar-refractivity contribution is 9.10. The number of aromatic nitrogens is 3. The van der Waals surface area contributed by atoms with Crippen LogP contribution in [0.5, 0.6) is 0 Å². The summed E-state index contributed by atoms with van der Waals surface area (Å²) in [5.74, 6) is -0.536. The summed E-state index contributed by atoms with van der Waals surface area (Å²) in [6, 6.07) is 4.06. The zero-order valence-corrected chi connectivity index (χ0v) is 20.4. The van der Waals surface area contributed by atoms with Gasteiger partial charge in [0.15, 0.2) is 5.13 Å². The van der Waals surface area contributed by atoms with Crippen molar-refractivity contribution in [3.8, 4) is 11.3 Å². The molecule has 0 saturated carbocycles. The van der Waals surface area contributed by atoms with E-state index >= 15 is 0 Å². The van der Waals surface area contributed by atoms with Gasteiger partial charge in [-0.05, 0) is 44.5 Å². The molecule has 1 fully saturated rings. The first kappa shape index (κ1) is 24.1. The second-order valence-corrected chi connectivity index (χ2v) is 10.0. The quantitative estimate of drug-likeness (QED) is 0.398. The lowest BCUT2D eigenvalue weighted by atomic mass is 10.1. The zero-order chi connectivity index (χ0) is 23.8. The molecule has 1 amide bonds. The summed E-state index contributed by atoms with van der Waals surface area (Å²) in [5, 5.41) is 3.09. The molecule has 1 saturated heterocycles. The smallest absolute Gasteiger partial charge is 0.296 e. The molecule has 1 atom stereocenters. The number of anilines is 1. The van der Waals surface area contributed by atoms with E-state index in [9.17, 15) is 18.0 Å². The summed E-state index contributed by atoms with van der Waals surface area (Å²) in [6.07, 6.45) is 0.112. The molecule has 3 aromatic rings. The van der Waals surface area contributed by atoms with Crippen LogP contribution in [0.1, 0.15) is 40.7 Å². The lowest BCUT2D eigenvalue weighted by Crippen LogP contribution is -2.25. The number of amides is 1. The molecule has 6 nitrogen and oxygen atoms in total. The maximum absolute atomic E-state index is 13.4. The number of thiazole rings is 1. The predicted molar refractivity (Wildman–Crippen MR) is 124 cm³/mol. The normalized spacial score (nSPS) is 16.8. The number of carbonyl (C=O) groups excluding carboxylic acids is 1. The van der Waals surface area contributed by atoms with Crippen LogP contribution >= 0.6 is 38.9 Å². The average Bonchev–Trinajstić information content (AvgIpc) is 3.33. The maximum atomic E-state index is 13.4. The molecule has 1 aliphatic heterocycles. The zero-order valence-electron chi connectivity index (χ0n) is 17.3. The summed E-state index contributed by atoms with van der Waals surface area (Å²) in [5.41, 5.74) is 0.0000389. The van der Waals surface area contributed by atoms with Crippen LogP contribution in [0.2, 0.25) is 5.15 Å². The van der Waals surface area contributed by atoms with Crippen LogP contribution in [0.4, 0.5) is 18.3 Å². The van der Waals surface area contributed by atoms with Crippen LogP contribution in [-0.2, 0) is 12.7 Å². The number of likely N-dealkylation sites (tertiary alicyclic amines) is 1. The molecule has 33 heavy (non-hydrogen) atoms. The maximum Gasteiger partial charge on any atom is 0.416 e. The molecule has 1 aromatic carbocycles. The number of nitrogens with one attached hydrogen (secondary N) is 1. The van der Waals surface area contributed by atoms with Gasteiger partial charge in [0.25, 0.3) is 5.91 Å². The lowest BCUT2D eigenvalue weighted by molar-refractivity contribution is -0.137. The Balaban J connectivity index is 1.70. The Kier molecular flexibility index (Phi) is 7.04. The van der Waals surface area contributed by atoms with Gasteiger partial charge in [0.2, 0.25) is 0 Å². The molecular weight excluding hydrogens is 543 g/mol. The summed E-state index contributed by atoms with van der Waals surface area (Å²) >= 11 is 10.1. The minimum atomic E-state index is -4.50. The van der Waals surface area contributed by atoms with Crippen molar-refractivity contribution in [1.82, 2.24) is 19.9 Å². The fourth-order valence-corrected chi connectivity index (χ4v) is 5.23. The van der Waals surface area contributed by atoms with E-state index < -0.39 is 17.6 Å². The van der Waals surface area contributed by atoms with E-state index in [4.69, 9.17) is 11.6 Å². The van der Waals surface area contributed by atoms with Crippen molar-refractivity contribution in [3.63, 3.8) is 0 Å². The molecule has 4 rings (SSSR count). The monoisotopic (exact) mass is 559 g/mol. The van der Waals surface area contributed by atoms with E-state index in [2.05, 4.69) is 48.0 Å². The molecule has 0 spiro atoms. The molecule has 0 aliphatic carbocycles. The second-order valence-electron chi connectivity index (χ2n) is 7.66. The summed E-state index contributed by atoms with van der Waals surface area (Å²) in [4.78, 5) is 27.9. The number of alkyl halides is 3. The number of carbonyl (C=O) groups is 1. The number of rotatable bonds is 5. The van der Waals surface area contributed by atoms with E-state index in [1.54, 1.807) is 6.07 Å². The fourth-order valence-electron chi connectivity index (χ4n) is 3.63. The summed E-state index contributed by atoms with van der Waals surface area (Å²) < 4.78 is 40.5. The Hall–Kier alpha value is -2.08. The Labute approximate surface area is 205 Å².